The number of nitrogens with zero attached hydrogens (tertiary/aromatic N) is 1. The Balaban J connectivity index is 2.60. The smallest absolute Gasteiger partial charge is 0.354 e. The van der Waals surface area contributed by atoms with Crippen LogP contribution in [-0.4, -0.2) is 22.3 Å². The monoisotopic (exact) mass is 203 g/mol. The number of carboxylic acids is 1. The lowest BCUT2D eigenvalue weighted by Crippen LogP contribution is -2.32. The molecule has 0 aliphatic carbocycles. The molecule has 1 aliphatic heterocycles. The highest BCUT2D eigenvalue weighted by Gasteiger charge is 2.29. The van der Waals surface area contributed by atoms with E-state index in [4.69, 9.17) is 5.11 Å². The maximum atomic E-state index is 11.1. The highest BCUT2D eigenvalue weighted by Crippen LogP contribution is 2.26. The molecule has 15 heavy (non-hydrogen) atoms. The molecule has 0 atom stereocenters. The van der Waals surface area contributed by atoms with E-state index in [-0.39, 0.29) is 11.3 Å². The van der Waals surface area contributed by atoms with Gasteiger partial charge in [-0.05, 0) is 25.8 Å². The maximum absolute atomic E-state index is 11.1. The highest BCUT2D eigenvalue weighted by atomic mass is 16.4. The fourth-order valence-electron chi connectivity index (χ4n) is 1.94. The van der Waals surface area contributed by atoms with E-state index in [2.05, 4.69) is 4.99 Å². The van der Waals surface area contributed by atoms with Gasteiger partial charge in [0.2, 0.25) is 0 Å². The summed E-state index contributed by atoms with van der Waals surface area (Å²) >= 11 is 0. The molecule has 0 fully saturated rings. The predicted octanol–water partition coefficient (Wildman–Crippen LogP) is 1.90. The Labute approximate surface area is 88.5 Å². The van der Waals surface area contributed by atoms with Crippen molar-refractivity contribution in [3.05, 3.63) is 35.4 Å². The summed E-state index contributed by atoms with van der Waals surface area (Å²) in [7, 11) is 0. The van der Waals surface area contributed by atoms with E-state index >= 15 is 0 Å². The predicted molar refractivity (Wildman–Crippen MR) is 58.4 cm³/mol. The molecule has 0 bridgehead atoms. The van der Waals surface area contributed by atoms with Crippen molar-refractivity contribution in [2.24, 2.45) is 4.99 Å². The summed E-state index contributed by atoms with van der Waals surface area (Å²) in [6.45, 7) is 3.90. The van der Waals surface area contributed by atoms with Crippen LogP contribution in [0, 0.1) is 0 Å². The van der Waals surface area contributed by atoms with E-state index < -0.39 is 5.97 Å². The van der Waals surface area contributed by atoms with Crippen molar-refractivity contribution < 1.29 is 9.90 Å². The lowest BCUT2D eigenvalue weighted by molar-refractivity contribution is -0.129. The van der Waals surface area contributed by atoms with Crippen molar-refractivity contribution in [2.75, 3.05) is 0 Å². The molecule has 3 heteroatoms. The summed E-state index contributed by atoms with van der Waals surface area (Å²) in [6, 6.07) is 7.56. The van der Waals surface area contributed by atoms with Gasteiger partial charge >= 0.3 is 5.97 Å². The van der Waals surface area contributed by atoms with Gasteiger partial charge < -0.3 is 5.11 Å². The number of benzene rings is 1. The minimum Gasteiger partial charge on any atom is -0.477 e. The molecule has 0 saturated carbocycles. The second-order valence-corrected chi connectivity index (χ2v) is 4.41. The first-order chi connectivity index (χ1) is 6.99. The van der Waals surface area contributed by atoms with E-state index in [0.717, 1.165) is 17.5 Å². The molecule has 1 aliphatic rings. The van der Waals surface area contributed by atoms with Crippen molar-refractivity contribution in [3.63, 3.8) is 0 Å². The van der Waals surface area contributed by atoms with Crippen molar-refractivity contribution >= 4 is 11.7 Å². The molecule has 2 rings (SSSR count). The van der Waals surface area contributed by atoms with E-state index in [1.165, 1.54) is 0 Å². The van der Waals surface area contributed by atoms with E-state index in [1.807, 2.05) is 38.1 Å². The van der Waals surface area contributed by atoms with Crippen LogP contribution in [-0.2, 0) is 11.2 Å². The van der Waals surface area contributed by atoms with Gasteiger partial charge in [-0.25, -0.2) is 4.79 Å². The third kappa shape index (κ3) is 1.77. The second kappa shape index (κ2) is 3.19. The van der Waals surface area contributed by atoms with Crippen LogP contribution < -0.4 is 0 Å². The molecule has 0 saturated heterocycles. The zero-order valence-electron chi connectivity index (χ0n) is 8.82. The van der Waals surface area contributed by atoms with Gasteiger partial charge in [0.25, 0.3) is 0 Å². The van der Waals surface area contributed by atoms with Gasteiger partial charge in [-0.15, -0.1) is 0 Å². The number of hydrogen-bond donors (Lipinski definition) is 1. The van der Waals surface area contributed by atoms with Crippen LogP contribution in [0.5, 0.6) is 0 Å². The van der Waals surface area contributed by atoms with E-state index in [9.17, 15) is 4.79 Å². The number of carboxylic acid groups (broad SMARTS) is 1. The molecule has 3 nitrogen and oxygen atoms in total. The lowest BCUT2D eigenvalue weighted by Gasteiger charge is -2.27. The fourth-order valence-corrected chi connectivity index (χ4v) is 1.94. The van der Waals surface area contributed by atoms with Gasteiger partial charge in [0, 0.05) is 5.56 Å². The standard InChI is InChI=1S/C12H13NO2/c1-12(2)7-8-5-3-4-6-9(8)10(13-12)11(14)15/h3-6H,7H2,1-2H3,(H,14,15). The first-order valence-electron chi connectivity index (χ1n) is 4.91. The van der Waals surface area contributed by atoms with Crippen molar-refractivity contribution in [1.82, 2.24) is 0 Å². The molecule has 0 amide bonds. The quantitative estimate of drug-likeness (QED) is 0.757. The minimum atomic E-state index is -0.949. The summed E-state index contributed by atoms with van der Waals surface area (Å²) in [5.74, 6) is -0.949. The van der Waals surface area contributed by atoms with Crippen LogP contribution in [0.3, 0.4) is 0 Å². The van der Waals surface area contributed by atoms with Crippen LogP contribution in [0.4, 0.5) is 0 Å². The average molecular weight is 203 g/mol. The van der Waals surface area contributed by atoms with Crippen LogP contribution in [0.1, 0.15) is 25.0 Å². The largest absolute Gasteiger partial charge is 0.477 e. The van der Waals surface area contributed by atoms with Gasteiger partial charge in [-0.2, -0.15) is 0 Å². The zero-order valence-corrected chi connectivity index (χ0v) is 8.82. The third-order valence-electron chi connectivity index (χ3n) is 2.51. The van der Waals surface area contributed by atoms with Gasteiger partial charge in [0.1, 0.15) is 0 Å². The molecule has 0 radical (unpaired) electrons. The third-order valence-corrected chi connectivity index (χ3v) is 2.51. The molecule has 1 aromatic rings. The summed E-state index contributed by atoms with van der Waals surface area (Å²) < 4.78 is 0. The van der Waals surface area contributed by atoms with Crippen LogP contribution in [0.15, 0.2) is 29.3 Å². The summed E-state index contributed by atoms with van der Waals surface area (Å²) in [5, 5.41) is 9.09. The first kappa shape index (κ1) is 9.90. The SMILES string of the molecule is CC1(C)Cc2ccccc2C(C(=O)O)=N1. The van der Waals surface area contributed by atoms with Gasteiger partial charge in [-0.3, -0.25) is 4.99 Å². The average Bonchev–Trinajstić information content (AvgIpc) is 2.14. The molecule has 0 aromatic heterocycles. The normalized spacial score (nSPS) is 17.9. The fraction of sp³-hybridized carbons (Fsp3) is 0.333. The summed E-state index contributed by atoms with van der Waals surface area (Å²) in [5.41, 5.74) is 1.68. The molecular formula is C12H13NO2. The maximum Gasteiger partial charge on any atom is 0.354 e. The molecule has 1 N–H and O–H groups in total. The van der Waals surface area contributed by atoms with Gasteiger partial charge in [-0.1, -0.05) is 24.3 Å². The van der Waals surface area contributed by atoms with E-state index in [0.29, 0.717) is 0 Å². The van der Waals surface area contributed by atoms with Crippen molar-refractivity contribution in [2.45, 2.75) is 25.8 Å². The molecule has 1 aromatic carbocycles. The Morgan fingerprint density at radius 2 is 2.07 bits per heavy atom. The molecule has 1 heterocycles. The van der Waals surface area contributed by atoms with Crippen molar-refractivity contribution in [3.8, 4) is 0 Å². The topological polar surface area (TPSA) is 49.7 Å². The Morgan fingerprint density at radius 3 is 2.73 bits per heavy atom. The van der Waals surface area contributed by atoms with Crippen LogP contribution in [0.25, 0.3) is 0 Å². The molecule has 0 unspecified atom stereocenters. The first-order valence-corrected chi connectivity index (χ1v) is 4.91. The molecule has 78 valence electrons. The number of aliphatic imine (C=N–C) groups is 1. The number of fused-ring (bicyclic) bond motifs is 1. The molecular weight excluding hydrogens is 190 g/mol. The van der Waals surface area contributed by atoms with Crippen LogP contribution >= 0.6 is 0 Å². The Morgan fingerprint density at radius 1 is 1.40 bits per heavy atom. The second-order valence-electron chi connectivity index (χ2n) is 4.41. The Hall–Kier alpha value is -1.64. The highest BCUT2D eigenvalue weighted by molar-refractivity contribution is 6.43. The minimum absolute atomic E-state index is 0.182. The zero-order chi connectivity index (χ0) is 11.1. The van der Waals surface area contributed by atoms with Crippen LogP contribution in [0.2, 0.25) is 0 Å². The van der Waals surface area contributed by atoms with Crippen molar-refractivity contribution in [1.29, 1.82) is 0 Å². The van der Waals surface area contributed by atoms with Gasteiger partial charge in [0.15, 0.2) is 5.71 Å². The lowest BCUT2D eigenvalue weighted by atomic mass is 9.87. The van der Waals surface area contributed by atoms with E-state index in [1.54, 1.807) is 0 Å². The Bertz CT molecular complexity index is 447. The Kier molecular flexibility index (Phi) is 2.11. The number of carbonyl (C=O) groups is 1. The number of aliphatic carboxylic acids is 1. The van der Waals surface area contributed by atoms with Gasteiger partial charge in [0.05, 0.1) is 5.54 Å². The molecule has 0 spiro atoms. The summed E-state index contributed by atoms with van der Waals surface area (Å²) in [4.78, 5) is 15.3. The summed E-state index contributed by atoms with van der Waals surface area (Å²) in [6.07, 6.45) is 0.792. The number of rotatable bonds is 1. The number of hydrogen-bond acceptors (Lipinski definition) is 2.